The smallest absolute Gasteiger partial charge is 0.408 e. The van der Waals surface area contributed by atoms with Crippen LogP contribution >= 0.6 is 11.8 Å². The number of ether oxygens (including phenoxy) is 1. The molecule has 31 heavy (non-hydrogen) atoms. The number of aromatic nitrogens is 2. The Kier molecular flexibility index (Phi) is 8.50. The number of nitrogens with one attached hydrogen (secondary N) is 2. The average molecular weight is 449 g/mol. The summed E-state index contributed by atoms with van der Waals surface area (Å²) in [6.45, 7) is 13.4. The van der Waals surface area contributed by atoms with Crippen LogP contribution in [0.5, 0.6) is 0 Å². The third-order valence-corrected chi connectivity index (χ3v) is 4.93. The van der Waals surface area contributed by atoms with Crippen LogP contribution in [0.4, 0.5) is 10.5 Å². The van der Waals surface area contributed by atoms with Gasteiger partial charge in [-0.15, -0.1) is 10.2 Å². The Morgan fingerprint density at radius 3 is 2.55 bits per heavy atom. The molecule has 0 saturated carbocycles. The van der Waals surface area contributed by atoms with Crippen LogP contribution in [0.15, 0.2) is 27.8 Å². The topological polar surface area (TPSA) is 106 Å². The van der Waals surface area contributed by atoms with E-state index in [2.05, 4.69) is 20.8 Å². The van der Waals surface area contributed by atoms with Gasteiger partial charge < -0.3 is 19.8 Å². The molecule has 1 unspecified atom stereocenters. The van der Waals surface area contributed by atoms with Gasteiger partial charge in [0.25, 0.3) is 5.22 Å². The van der Waals surface area contributed by atoms with Gasteiger partial charge in [0, 0.05) is 5.69 Å². The first-order valence-electron chi connectivity index (χ1n) is 10.3. The maximum absolute atomic E-state index is 12.3. The van der Waals surface area contributed by atoms with E-state index in [4.69, 9.17) is 9.15 Å². The first-order valence-corrected chi connectivity index (χ1v) is 11.2. The molecule has 1 aromatic carbocycles. The fourth-order valence-corrected chi connectivity index (χ4v) is 3.32. The van der Waals surface area contributed by atoms with Crippen molar-refractivity contribution in [2.24, 2.45) is 5.92 Å². The number of thioether (sulfide) groups is 1. The van der Waals surface area contributed by atoms with Gasteiger partial charge in [-0.3, -0.25) is 4.79 Å². The van der Waals surface area contributed by atoms with Gasteiger partial charge in [-0.1, -0.05) is 37.7 Å². The highest BCUT2D eigenvalue weighted by Crippen LogP contribution is 2.25. The third kappa shape index (κ3) is 8.61. The molecule has 1 heterocycles. The molecule has 0 saturated heterocycles. The number of carbonyl (C=O) groups excluding carboxylic acids is 2. The number of amides is 2. The molecular formula is C22H32N4O4S. The van der Waals surface area contributed by atoms with Gasteiger partial charge in [-0.05, 0) is 64.2 Å². The van der Waals surface area contributed by atoms with Crippen LogP contribution in [0.1, 0.15) is 64.1 Å². The van der Waals surface area contributed by atoms with Crippen LogP contribution in [0.25, 0.3) is 0 Å². The molecule has 0 bridgehead atoms. The largest absolute Gasteiger partial charge is 0.444 e. The molecule has 170 valence electrons. The van der Waals surface area contributed by atoms with E-state index in [1.165, 1.54) is 0 Å². The zero-order chi connectivity index (χ0) is 23.2. The van der Waals surface area contributed by atoms with Gasteiger partial charge in [0.15, 0.2) is 0 Å². The molecule has 1 aromatic heterocycles. The van der Waals surface area contributed by atoms with Gasteiger partial charge in [0.05, 0.1) is 5.75 Å². The summed E-state index contributed by atoms with van der Waals surface area (Å²) < 4.78 is 11.0. The molecule has 0 aliphatic heterocycles. The number of anilines is 1. The molecule has 0 aliphatic rings. The van der Waals surface area contributed by atoms with E-state index in [1.807, 2.05) is 45.9 Å². The van der Waals surface area contributed by atoms with Crippen LogP contribution in [0.2, 0.25) is 0 Å². The van der Waals surface area contributed by atoms with Crippen LogP contribution < -0.4 is 10.6 Å². The predicted octanol–water partition coefficient (Wildman–Crippen LogP) is 5.03. The molecular weight excluding hydrogens is 416 g/mol. The fraction of sp³-hybridized carbons (Fsp3) is 0.545. The third-order valence-electron chi connectivity index (χ3n) is 4.11. The van der Waals surface area contributed by atoms with Crippen molar-refractivity contribution < 1.29 is 18.7 Å². The van der Waals surface area contributed by atoms with Crippen LogP contribution in [-0.2, 0) is 9.53 Å². The Morgan fingerprint density at radius 2 is 1.90 bits per heavy atom. The van der Waals surface area contributed by atoms with Crippen LogP contribution in [0, 0.1) is 19.8 Å². The van der Waals surface area contributed by atoms with E-state index >= 15 is 0 Å². The minimum absolute atomic E-state index is 0.128. The summed E-state index contributed by atoms with van der Waals surface area (Å²) in [6, 6.07) is 5.43. The van der Waals surface area contributed by atoms with Gasteiger partial charge in [0.1, 0.15) is 11.6 Å². The number of hydrogen-bond acceptors (Lipinski definition) is 7. The summed E-state index contributed by atoms with van der Waals surface area (Å²) in [5.74, 6) is 0.538. The van der Waals surface area contributed by atoms with E-state index in [0.717, 1.165) is 28.6 Å². The lowest BCUT2D eigenvalue weighted by atomic mass is 10.0. The fourth-order valence-electron chi connectivity index (χ4n) is 2.75. The number of aryl methyl sites for hydroxylation is 2. The molecule has 0 spiro atoms. The Bertz CT molecular complexity index is 905. The summed E-state index contributed by atoms with van der Waals surface area (Å²) in [5.41, 5.74) is 2.25. The highest BCUT2D eigenvalue weighted by Gasteiger charge is 2.25. The number of benzene rings is 1. The lowest BCUT2D eigenvalue weighted by Crippen LogP contribution is -2.35. The Balaban J connectivity index is 1.98. The second-order valence-electron chi connectivity index (χ2n) is 8.89. The monoisotopic (exact) mass is 448 g/mol. The molecule has 9 heteroatoms. The molecule has 2 amide bonds. The van der Waals surface area contributed by atoms with Crippen molar-refractivity contribution in [1.82, 2.24) is 15.5 Å². The van der Waals surface area contributed by atoms with Gasteiger partial charge >= 0.3 is 6.09 Å². The second kappa shape index (κ2) is 10.7. The average Bonchev–Trinajstić information content (AvgIpc) is 3.09. The normalized spacial score (nSPS) is 12.5. The van der Waals surface area contributed by atoms with Gasteiger partial charge in [-0.25, -0.2) is 4.79 Å². The first kappa shape index (κ1) is 24.7. The van der Waals surface area contributed by atoms with E-state index in [9.17, 15) is 9.59 Å². The summed E-state index contributed by atoms with van der Waals surface area (Å²) >= 11 is 1.15. The summed E-state index contributed by atoms with van der Waals surface area (Å²) in [6.07, 6.45) is 0.0667. The number of nitrogens with zero attached hydrogens (tertiary/aromatic N) is 2. The van der Waals surface area contributed by atoms with E-state index in [1.54, 1.807) is 20.8 Å². The molecule has 8 nitrogen and oxygen atoms in total. The molecule has 0 radical (unpaired) electrons. The lowest BCUT2D eigenvalue weighted by molar-refractivity contribution is -0.113. The van der Waals surface area contributed by atoms with Crippen molar-refractivity contribution in [1.29, 1.82) is 0 Å². The lowest BCUT2D eigenvalue weighted by Gasteiger charge is -2.22. The maximum Gasteiger partial charge on any atom is 0.408 e. The number of rotatable bonds is 8. The molecule has 2 aromatic rings. The SMILES string of the molecule is Cc1ccc(C)c(NC(=O)CSc2nnc(C(CC(C)C)NC(=O)OC(C)(C)C)o2)c1. The summed E-state index contributed by atoms with van der Waals surface area (Å²) in [4.78, 5) is 24.5. The molecule has 2 rings (SSSR count). The van der Waals surface area contributed by atoms with E-state index < -0.39 is 17.7 Å². The quantitative estimate of drug-likeness (QED) is 0.546. The zero-order valence-corrected chi connectivity index (χ0v) is 20.1. The Labute approximate surface area is 187 Å². The van der Waals surface area contributed by atoms with Crippen LogP contribution in [0.3, 0.4) is 0 Å². The summed E-state index contributed by atoms with van der Waals surface area (Å²) in [7, 11) is 0. The Morgan fingerprint density at radius 1 is 1.19 bits per heavy atom. The highest BCUT2D eigenvalue weighted by atomic mass is 32.2. The van der Waals surface area contributed by atoms with Crippen molar-refractivity contribution in [3.63, 3.8) is 0 Å². The van der Waals surface area contributed by atoms with Gasteiger partial charge in [-0.2, -0.15) is 0 Å². The minimum Gasteiger partial charge on any atom is -0.444 e. The van der Waals surface area contributed by atoms with Crippen molar-refractivity contribution in [2.45, 2.75) is 71.8 Å². The Hall–Kier alpha value is -2.55. The molecule has 2 N–H and O–H groups in total. The maximum atomic E-state index is 12.3. The predicted molar refractivity (Wildman–Crippen MR) is 121 cm³/mol. The minimum atomic E-state index is -0.606. The first-order chi connectivity index (χ1) is 14.4. The standard InChI is InChI=1S/C22H32N4O4S/c1-13(2)10-17(24-20(28)30-22(5,6)7)19-25-26-21(29-19)31-12-18(27)23-16-11-14(3)8-9-15(16)4/h8-9,11,13,17H,10,12H2,1-7H3,(H,23,27)(H,24,28). The van der Waals surface area contributed by atoms with E-state index in [-0.39, 0.29) is 28.7 Å². The van der Waals surface area contributed by atoms with Crippen molar-refractivity contribution >= 4 is 29.4 Å². The second-order valence-corrected chi connectivity index (χ2v) is 9.82. The van der Waals surface area contributed by atoms with Crippen molar-refractivity contribution in [3.8, 4) is 0 Å². The van der Waals surface area contributed by atoms with Crippen molar-refractivity contribution in [3.05, 3.63) is 35.2 Å². The van der Waals surface area contributed by atoms with E-state index in [0.29, 0.717) is 6.42 Å². The van der Waals surface area contributed by atoms with Crippen LogP contribution in [-0.4, -0.2) is 33.6 Å². The number of alkyl carbamates (subject to hydrolysis) is 1. The molecule has 1 atom stereocenters. The summed E-state index contributed by atoms with van der Waals surface area (Å²) in [5, 5.41) is 14.0. The number of carbonyl (C=O) groups is 2. The molecule has 0 aliphatic carbocycles. The van der Waals surface area contributed by atoms with Gasteiger partial charge in [0.2, 0.25) is 11.8 Å². The highest BCUT2D eigenvalue weighted by molar-refractivity contribution is 7.99. The number of hydrogen-bond donors (Lipinski definition) is 2. The zero-order valence-electron chi connectivity index (χ0n) is 19.2. The van der Waals surface area contributed by atoms with Crippen molar-refractivity contribution in [2.75, 3.05) is 11.1 Å². The molecule has 0 fully saturated rings.